The van der Waals surface area contributed by atoms with Gasteiger partial charge in [-0.15, -0.1) is 0 Å². The van der Waals surface area contributed by atoms with E-state index in [1.165, 1.54) is 11.0 Å². The fourth-order valence-electron chi connectivity index (χ4n) is 4.07. The lowest BCUT2D eigenvalue weighted by Gasteiger charge is -2.22. The minimum absolute atomic E-state index is 0.105. The first kappa shape index (κ1) is 24.5. The maximum Gasteiger partial charge on any atom is 0.424 e. The SMILES string of the molecule is O=C(C=Cc1cccc(OC(=O)N(c2ccccc2)c2ccccc2)c1)c1ccc(-c2ccccc2)cc1. The molecule has 0 atom stereocenters. The molecular formula is C34H25NO3. The molecule has 0 aliphatic rings. The van der Waals surface area contributed by atoms with Crippen molar-refractivity contribution < 1.29 is 14.3 Å². The van der Waals surface area contributed by atoms with Crippen LogP contribution in [0.25, 0.3) is 17.2 Å². The van der Waals surface area contributed by atoms with Gasteiger partial charge < -0.3 is 4.74 Å². The van der Waals surface area contributed by atoms with Gasteiger partial charge in [0.1, 0.15) is 5.75 Å². The average molecular weight is 496 g/mol. The summed E-state index contributed by atoms with van der Waals surface area (Å²) in [5.41, 5.74) is 4.90. The van der Waals surface area contributed by atoms with Crippen LogP contribution in [-0.4, -0.2) is 11.9 Å². The largest absolute Gasteiger partial charge is 0.424 e. The Morgan fingerprint density at radius 3 is 1.74 bits per heavy atom. The quantitative estimate of drug-likeness (QED) is 0.168. The molecule has 0 N–H and O–H groups in total. The van der Waals surface area contributed by atoms with Crippen molar-refractivity contribution in [3.05, 3.63) is 157 Å². The summed E-state index contributed by atoms with van der Waals surface area (Å²) >= 11 is 0. The third kappa shape index (κ3) is 5.94. The molecule has 0 fully saturated rings. The van der Waals surface area contributed by atoms with Gasteiger partial charge in [0.2, 0.25) is 0 Å². The Bertz CT molecular complexity index is 1510. The molecule has 0 aliphatic carbocycles. The van der Waals surface area contributed by atoms with Gasteiger partial charge in [0.15, 0.2) is 5.78 Å². The molecular weight excluding hydrogens is 470 g/mol. The molecule has 5 rings (SSSR count). The lowest BCUT2D eigenvalue weighted by atomic mass is 10.0. The molecule has 0 aliphatic heterocycles. The van der Waals surface area contributed by atoms with Crippen LogP contribution in [0.2, 0.25) is 0 Å². The van der Waals surface area contributed by atoms with Crippen molar-refractivity contribution in [2.24, 2.45) is 0 Å². The van der Waals surface area contributed by atoms with Crippen LogP contribution >= 0.6 is 0 Å². The predicted octanol–water partition coefficient (Wildman–Crippen LogP) is 8.59. The standard InChI is InChI=1S/C34H25NO3/c36-33(29-22-20-28(21-23-29)27-12-4-1-5-13-27)24-19-26-11-10-18-32(25-26)38-34(37)35(30-14-6-2-7-15-30)31-16-8-3-9-17-31/h1-25H. The van der Waals surface area contributed by atoms with Crippen LogP contribution < -0.4 is 9.64 Å². The van der Waals surface area contributed by atoms with Crippen molar-refractivity contribution in [3.63, 3.8) is 0 Å². The first-order chi connectivity index (χ1) is 18.7. The van der Waals surface area contributed by atoms with Crippen LogP contribution in [0.1, 0.15) is 15.9 Å². The van der Waals surface area contributed by atoms with Crippen molar-refractivity contribution in [1.29, 1.82) is 0 Å². The minimum Gasteiger partial charge on any atom is -0.410 e. The van der Waals surface area contributed by atoms with Gasteiger partial charge in [-0.1, -0.05) is 109 Å². The van der Waals surface area contributed by atoms with Gasteiger partial charge in [-0.3, -0.25) is 4.79 Å². The highest BCUT2D eigenvalue weighted by molar-refractivity contribution is 6.07. The van der Waals surface area contributed by atoms with E-state index in [9.17, 15) is 9.59 Å². The second-order valence-electron chi connectivity index (χ2n) is 8.59. The van der Waals surface area contributed by atoms with E-state index in [1.807, 2.05) is 121 Å². The summed E-state index contributed by atoms with van der Waals surface area (Å²) in [5, 5.41) is 0. The van der Waals surface area contributed by atoms with Gasteiger partial charge in [-0.2, -0.15) is 0 Å². The smallest absolute Gasteiger partial charge is 0.410 e. The zero-order chi connectivity index (χ0) is 26.2. The second-order valence-corrected chi connectivity index (χ2v) is 8.59. The molecule has 0 saturated heterocycles. The van der Waals surface area contributed by atoms with Crippen molar-refractivity contribution >= 4 is 29.3 Å². The zero-order valence-corrected chi connectivity index (χ0v) is 20.6. The summed E-state index contributed by atoms with van der Waals surface area (Å²) in [6.45, 7) is 0. The molecule has 1 amide bonds. The fraction of sp³-hybridized carbons (Fsp3) is 0. The summed E-state index contributed by atoms with van der Waals surface area (Å²) in [6.07, 6.45) is 2.72. The first-order valence-corrected chi connectivity index (χ1v) is 12.3. The molecule has 0 heterocycles. The van der Waals surface area contributed by atoms with Crippen molar-refractivity contribution in [2.75, 3.05) is 4.90 Å². The van der Waals surface area contributed by atoms with Crippen molar-refractivity contribution in [1.82, 2.24) is 0 Å². The lowest BCUT2D eigenvalue weighted by molar-refractivity contribution is 0.104. The van der Waals surface area contributed by atoms with E-state index >= 15 is 0 Å². The highest BCUT2D eigenvalue weighted by Crippen LogP contribution is 2.27. The maximum atomic E-state index is 13.2. The summed E-state index contributed by atoms with van der Waals surface area (Å²) in [6, 6.07) is 43.4. The molecule has 4 nitrogen and oxygen atoms in total. The Labute approximate surface area is 222 Å². The van der Waals surface area contributed by atoms with Gasteiger partial charge in [0.25, 0.3) is 0 Å². The number of para-hydroxylation sites is 2. The van der Waals surface area contributed by atoms with Gasteiger partial charge in [-0.25, -0.2) is 9.69 Å². The summed E-state index contributed by atoms with van der Waals surface area (Å²) in [7, 11) is 0. The van der Waals surface area contributed by atoms with E-state index in [4.69, 9.17) is 4.74 Å². The van der Waals surface area contributed by atoms with Crippen LogP contribution in [0.4, 0.5) is 16.2 Å². The van der Waals surface area contributed by atoms with Crippen LogP contribution in [0.3, 0.4) is 0 Å². The van der Waals surface area contributed by atoms with Crippen LogP contribution in [0.5, 0.6) is 5.75 Å². The maximum absolute atomic E-state index is 13.2. The third-order valence-electron chi connectivity index (χ3n) is 5.98. The number of allylic oxidation sites excluding steroid dienone is 1. The van der Waals surface area contributed by atoms with E-state index in [-0.39, 0.29) is 5.78 Å². The number of rotatable bonds is 7. The van der Waals surface area contributed by atoms with E-state index in [1.54, 1.807) is 24.3 Å². The Morgan fingerprint density at radius 1 is 0.579 bits per heavy atom. The Kier molecular flexibility index (Phi) is 7.52. The van der Waals surface area contributed by atoms with Gasteiger partial charge in [0, 0.05) is 5.56 Å². The monoisotopic (exact) mass is 495 g/mol. The first-order valence-electron chi connectivity index (χ1n) is 12.3. The lowest BCUT2D eigenvalue weighted by Crippen LogP contribution is -2.29. The van der Waals surface area contributed by atoms with Crippen LogP contribution in [0.15, 0.2) is 146 Å². The zero-order valence-electron chi connectivity index (χ0n) is 20.6. The predicted molar refractivity (Wildman–Crippen MR) is 153 cm³/mol. The molecule has 0 unspecified atom stereocenters. The highest BCUT2D eigenvalue weighted by atomic mass is 16.6. The number of benzene rings is 5. The third-order valence-corrected chi connectivity index (χ3v) is 5.98. The number of ether oxygens (including phenoxy) is 1. The summed E-state index contributed by atoms with van der Waals surface area (Å²) in [4.78, 5) is 27.5. The number of anilines is 2. The molecule has 5 aromatic rings. The highest BCUT2D eigenvalue weighted by Gasteiger charge is 2.20. The number of carbonyl (C=O) groups is 2. The normalized spacial score (nSPS) is 10.7. The van der Waals surface area contributed by atoms with E-state index in [0.717, 1.165) is 16.7 Å². The number of ketones is 1. The Balaban J connectivity index is 1.29. The number of carbonyl (C=O) groups excluding carboxylic acids is 2. The molecule has 0 bridgehead atoms. The molecule has 0 radical (unpaired) electrons. The summed E-state index contributed by atoms with van der Waals surface area (Å²) < 4.78 is 5.74. The molecule has 5 aromatic carbocycles. The molecule has 38 heavy (non-hydrogen) atoms. The van der Waals surface area contributed by atoms with Crippen LogP contribution in [0, 0.1) is 0 Å². The molecule has 0 saturated carbocycles. The van der Waals surface area contributed by atoms with Crippen molar-refractivity contribution in [2.45, 2.75) is 0 Å². The molecule has 0 aromatic heterocycles. The van der Waals surface area contributed by atoms with Gasteiger partial charge >= 0.3 is 6.09 Å². The van der Waals surface area contributed by atoms with E-state index < -0.39 is 6.09 Å². The Hall–Kier alpha value is -5.22. The van der Waals surface area contributed by atoms with Gasteiger partial charge in [0.05, 0.1) is 11.4 Å². The number of nitrogens with zero attached hydrogens (tertiary/aromatic N) is 1. The Morgan fingerprint density at radius 2 is 1.13 bits per heavy atom. The van der Waals surface area contributed by atoms with E-state index in [0.29, 0.717) is 22.7 Å². The van der Waals surface area contributed by atoms with E-state index in [2.05, 4.69) is 0 Å². The summed E-state index contributed by atoms with van der Waals surface area (Å²) in [5.74, 6) is 0.278. The number of hydrogen-bond acceptors (Lipinski definition) is 3. The average Bonchev–Trinajstić information content (AvgIpc) is 2.98. The second kappa shape index (κ2) is 11.7. The topological polar surface area (TPSA) is 46.6 Å². The number of amides is 1. The fourth-order valence-corrected chi connectivity index (χ4v) is 4.07. The number of hydrogen-bond donors (Lipinski definition) is 0. The molecule has 4 heteroatoms. The van der Waals surface area contributed by atoms with Gasteiger partial charge in [-0.05, 0) is 59.2 Å². The molecule has 184 valence electrons. The van der Waals surface area contributed by atoms with Crippen LogP contribution in [-0.2, 0) is 0 Å². The minimum atomic E-state index is -0.530. The van der Waals surface area contributed by atoms with Crippen molar-refractivity contribution in [3.8, 4) is 16.9 Å². The molecule has 0 spiro atoms.